The summed E-state index contributed by atoms with van der Waals surface area (Å²) in [6.07, 6.45) is 3.79. The van der Waals surface area contributed by atoms with Gasteiger partial charge in [0.25, 0.3) is 0 Å². The standard InChI is InChI=1S/C20H15N3OS/c24-19(12-14-5-6-15-3-1-2-4-17(15)11-14)22-18-13-25-20(23-18)16-7-9-21-10-8-16/h1-11,13H,12H2,(H,22,24). The number of nitrogens with zero attached hydrogens (tertiary/aromatic N) is 2. The maximum absolute atomic E-state index is 12.3. The Morgan fingerprint density at radius 2 is 1.80 bits per heavy atom. The van der Waals surface area contributed by atoms with Crippen molar-refractivity contribution >= 4 is 33.8 Å². The molecule has 0 bridgehead atoms. The number of amides is 1. The maximum atomic E-state index is 12.3. The van der Waals surface area contributed by atoms with E-state index in [1.807, 2.05) is 41.8 Å². The van der Waals surface area contributed by atoms with Crippen LogP contribution in [0.2, 0.25) is 0 Å². The molecule has 0 aliphatic heterocycles. The lowest BCUT2D eigenvalue weighted by Gasteiger charge is -2.04. The van der Waals surface area contributed by atoms with Crippen molar-refractivity contribution in [1.82, 2.24) is 9.97 Å². The summed E-state index contributed by atoms with van der Waals surface area (Å²) in [6.45, 7) is 0. The number of thiazole rings is 1. The second-order valence-electron chi connectivity index (χ2n) is 5.68. The molecule has 2 aromatic heterocycles. The molecule has 1 N–H and O–H groups in total. The third-order valence-electron chi connectivity index (χ3n) is 3.88. The van der Waals surface area contributed by atoms with Gasteiger partial charge in [-0.05, 0) is 28.5 Å². The van der Waals surface area contributed by atoms with E-state index in [0.29, 0.717) is 12.2 Å². The SMILES string of the molecule is O=C(Cc1ccc2ccccc2c1)Nc1csc(-c2ccncc2)n1. The van der Waals surface area contributed by atoms with Crippen LogP contribution in [0.3, 0.4) is 0 Å². The van der Waals surface area contributed by atoms with Gasteiger partial charge in [0.15, 0.2) is 0 Å². The van der Waals surface area contributed by atoms with E-state index in [-0.39, 0.29) is 5.91 Å². The molecule has 4 aromatic rings. The fourth-order valence-corrected chi connectivity index (χ4v) is 3.44. The normalized spacial score (nSPS) is 10.7. The Labute approximate surface area is 149 Å². The Hall–Kier alpha value is -3.05. The molecule has 2 heterocycles. The molecule has 0 fully saturated rings. The molecule has 0 atom stereocenters. The van der Waals surface area contributed by atoms with Crippen molar-refractivity contribution in [3.05, 3.63) is 77.9 Å². The molecule has 0 saturated carbocycles. The molecule has 4 nitrogen and oxygen atoms in total. The highest BCUT2D eigenvalue weighted by atomic mass is 32.1. The summed E-state index contributed by atoms with van der Waals surface area (Å²) in [5, 5.41) is 7.91. The summed E-state index contributed by atoms with van der Waals surface area (Å²) in [6, 6.07) is 18.0. The van der Waals surface area contributed by atoms with Gasteiger partial charge < -0.3 is 5.32 Å². The Morgan fingerprint density at radius 3 is 2.64 bits per heavy atom. The van der Waals surface area contributed by atoms with E-state index in [2.05, 4.69) is 33.5 Å². The van der Waals surface area contributed by atoms with Gasteiger partial charge in [-0.1, -0.05) is 42.5 Å². The van der Waals surface area contributed by atoms with E-state index < -0.39 is 0 Å². The summed E-state index contributed by atoms with van der Waals surface area (Å²) in [4.78, 5) is 20.8. The lowest BCUT2D eigenvalue weighted by Crippen LogP contribution is -2.14. The van der Waals surface area contributed by atoms with E-state index in [4.69, 9.17) is 0 Å². The number of fused-ring (bicyclic) bond motifs is 1. The van der Waals surface area contributed by atoms with Crippen LogP contribution in [-0.4, -0.2) is 15.9 Å². The summed E-state index contributed by atoms with van der Waals surface area (Å²) >= 11 is 1.50. The molecule has 25 heavy (non-hydrogen) atoms. The van der Waals surface area contributed by atoms with E-state index in [9.17, 15) is 4.79 Å². The zero-order chi connectivity index (χ0) is 17.1. The Balaban J connectivity index is 1.46. The first-order valence-corrected chi connectivity index (χ1v) is 8.79. The number of anilines is 1. The van der Waals surface area contributed by atoms with Gasteiger partial charge in [-0.3, -0.25) is 9.78 Å². The molecule has 0 aliphatic carbocycles. The van der Waals surface area contributed by atoms with E-state index in [1.165, 1.54) is 16.7 Å². The monoisotopic (exact) mass is 345 g/mol. The van der Waals surface area contributed by atoms with E-state index >= 15 is 0 Å². The summed E-state index contributed by atoms with van der Waals surface area (Å²) in [7, 11) is 0. The van der Waals surface area contributed by atoms with Gasteiger partial charge in [-0.25, -0.2) is 4.98 Å². The van der Waals surface area contributed by atoms with Crippen LogP contribution >= 0.6 is 11.3 Å². The van der Waals surface area contributed by atoms with Gasteiger partial charge in [-0.15, -0.1) is 11.3 Å². The van der Waals surface area contributed by atoms with Crippen LogP contribution in [0.5, 0.6) is 0 Å². The topological polar surface area (TPSA) is 54.9 Å². The van der Waals surface area contributed by atoms with Gasteiger partial charge in [0.05, 0.1) is 6.42 Å². The molecule has 0 radical (unpaired) electrons. The third kappa shape index (κ3) is 3.56. The van der Waals surface area contributed by atoms with E-state index in [0.717, 1.165) is 21.5 Å². The molecule has 0 spiro atoms. The number of hydrogen-bond acceptors (Lipinski definition) is 4. The van der Waals surface area contributed by atoms with Gasteiger partial charge in [0, 0.05) is 23.3 Å². The number of aromatic nitrogens is 2. The highest BCUT2D eigenvalue weighted by Crippen LogP contribution is 2.25. The van der Waals surface area contributed by atoms with Crippen LogP contribution in [0, 0.1) is 0 Å². The molecular weight excluding hydrogens is 330 g/mol. The largest absolute Gasteiger partial charge is 0.310 e. The first-order chi connectivity index (χ1) is 12.3. The Kier molecular flexibility index (Phi) is 4.23. The van der Waals surface area contributed by atoms with Crippen molar-refractivity contribution in [3.63, 3.8) is 0 Å². The molecular formula is C20H15N3OS. The molecule has 5 heteroatoms. The van der Waals surface area contributed by atoms with Crippen LogP contribution < -0.4 is 5.32 Å². The summed E-state index contributed by atoms with van der Waals surface area (Å²) < 4.78 is 0. The summed E-state index contributed by atoms with van der Waals surface area (Å²) in [5.41, 5.74) is 1.98. The van der Waals surface area contributed by atoms with Gasteiger partial charge >= 0.3 is 0 Å². The van der Waals surface area contributed by atoms with Crippen LogP contribution in [0.1, 0.15) is 5.56 Å². The fraction of sp³-hybridized carbons (Fsp3) is 0.0500. The van der Waals surface area contributed by atoms with Gasteiger partial charge in [0.2, 0.25) is 5.91 Å². The van der Waals surface area contributed by atoms with E-state index in [1.54, 1.807) is 12.4 Å². The third-order valence-corrected chi connectivity index (χ3v) is 4.77. The predicted molar refractivity (Wildman–Crippen MR) is 102 cm³/mol. The number of carbonyl (C=O) groups excluding carboxylic acids is 1. The maximum Gasteiger partial charge on any atom is 0.229 e. The second-order valence-corrected chi connectivity index (χ2v) is 6.54. The highest BCUT2D eigenvalue weighted by Gasteiger charge is 2.09. The Bertz CT molecular complexity index is 1030. The van der Waals surface area contributed by atoms with Crippen LogP contribution in [-0.2, 0) is 11.2 Å². The predicted octanol–water partition coefficient (Wildman–Crippen LogP) is 4.54. The number of carbonyl (C=O) groups is 1. The Morgan fingerprint density at radius 1 is 1.00 bits per heavy atom. The lowest BCUT2D eigenvalue weighted by atomic mass is 10.1. The van der Waals surface area contributed by atoms with Crippen molar-refractivity contribution in [3.8, 4) is 10.6 Å². The lowest BCUT2D eigenvalue weighted by molar-refractivity contribution is -0.115. The van der Waals surface area contributed by atoms with Crippen LogP contribution in [0.15, 0.2) is 72.4 Å². The van der Waals surface area contributed by atoms with Crippen molar-refractivity contribution in [1.29, 1.82) is 0 Å². The number of hydrogen-bond donors (Lipinski definition) is 1. The number of nitrogens with one attached hydrogen (secondary N) is 1. The molecule has 0 unspecified atom stereocenters. The van der Waals surface area contributed by atoms with Crippen LogP contribution in [0.25, 0.3) is 21.3 Å². The smallest absolute Gasteiger partial charge is 0.229 e. The average molecular weight is 345 g/mol. The second kappa shape index (κ2) is 6.83. The molecule has 0 saturated heterocycles. The first-order valence-electron chi connectivity index (χ1n) is 7.91. The zero-order valence-electron chi connectivity index (χ0n) is 13.3. The minimum absolute atomic E-state index is 0.0677. The minimum Gasteiger partial charge on any atom is -0.310 e. The summed E-state index contributed by atoms with van der Waals surface area (Å²) in [5.74, 6) is 0.518. The first kappa shape index (κ1) is 15.5. The molecule has 0 aliphatic rings. The molecule has 1 amide bonds. The average Bonchev–Trinajstić information content (AvgIpc) is 3.10. The number of benzene rings is 2. The zero-order valence-corrected chi connectivity index (χ0v) is 14.2. The number of rotatable bonds is 4. The van der Waals surface area contributed by atoms with Crippen molar-refractivity contribution in [2.45, 2.75) is 6.42 Å². The van der Waals surface area contributed by atoms with Gasteiger partial charge in [-0.2, -0.15) is 0 Å². The quantitative estimate of drug-likeness (QED) is 0.591. The molecule has 2 aromatic carbocycles. The van der Waals surface area contributed by atoms with Crippen molar-refractivity contribution in [2.75, 3.05) is 5.32 Å². The molecule has 4 rings (SSSR count). The molecule has 122 valence electrons. The fourth-order valence-electron chi connectivity index (χ4n) is 2.68. The van der Waals surface area contributed by atoms with Gasteiger partial charge in [0.1, 0.15) is 10.8 Å². The highest BCUT2D eigenvalue weighted by molar-refractivity contribution is 7.13. The van der Waals surface area contributed by atoms with Crippen molar-refractivity contribution in [2.24, 2.45) is 0 Å². The van der Waals surface area contributed by atoms with Crippen molar-refractivity contribution < 1.29 is 4.79 Å². The van der Waals surface area contributed by atoms with Crippen LogP contribution in [0.4, 0.5) is 5.82 Å². The number of pyridine rings is 1. The minimum atomic E-state index is -0.0677.